The number of carbonyl (C=O) groups excluding carboxylic acids is 3. The van der Waals surface area contributed by atoms with Gasteiger partial charge in [-0.1, -0.05) is 12.8 Å². The molecule has 1 aliphatic rings. The average Bonchev–Trinajstić information content (AvgIpc) is 3.24. The Kier molecular flexibility index (Phi) is 5.63. The molecular weight excluding hydrogens is 352 g/mol. The first-order valence-electron chi connectivity index (χ1n) is 8.92. The van der Waals surface area contributed by atoms with Crippen molar-refractivity contribution in [1.82, 2.24) is 10.6 Å². The van der Waals surface area contributed by atoms with E-state index in [1.54, 1.807) is 6.07 Å². The number of amides is 3. The third kappa shape index (κ3) is 4.78. The molecule has 3 N–H and O–H groups in total. The number of phenols is 1. The molecule has 8 nitrogen and oxygen atoms in total. The van der Waals surface area contributed by atoms with E-state index in [1.807, 2.05) is 0 Å². The summed E-state index contributed by atoms with van der Waals surface area (Å²) in [4.78, 5) is 35.9. The Bertz CT molecular complexity index is 853. The zero-order valence-electron chi connectivity index (χ0n) is 15.0. The van der Waals surface area contributed by atoms with Crippen LogP contribution in [-0.4, -0.2) is 35.2 Å². The van der Waals surface area contributed by atoms with Crippen molar-refractivity contribution in [3.05, 3.63) is 30.0 Å². The van der Waals surface area contributed by atoms with E-state index in [9.17, 15) is 19.5 Å². The summed E-state index contributed by atoms with van der Waals surface area (Å²) in [5.74, 6) is -1.24. The number of esters is 1. The van der Waals surface area contributed by atoms with E-state index in [2.05, 4.69) is 10.6 Å². The number of phenolic OH excluding ortho intramolecular Hbond substituents is 1. The molecule has 27 heavy (non-hydrogen) atoms. The fraction of sp³-hybridized carbons (Fsp3) is 0.421. The highest BCUT2D eigenvalue weighted by atomic mass is 16.5. The molecule has 2 aromatic rings. The van der Waals surface area contributed by atoms with Crippen LogP contribution in [0.1, 0.15) is 38.2 Å². The van der Waals surface area contributed by atoms with E-state index < -0.39 is 24.0 Å². The van der Waals surface area contributed by atoms with Gasteiger partial charge in [0, 0.05) is 23.1 Å². The van der Waals surface area contributed by atoms with Crippen molar-refractivity contribution in [2.75, 3.05) is 0 Å². The molecule has 1 fully saturated rings. The van der Waals surface area contributed by atoms with Crippen molar-refractivity contribution in [3.8, 4) is 5.75 Å². The third-order valence-electron chi connectivity index (χ3n) is 4.58. The highest BCUT2D eigenvalue weighted by molar-refractivity contribution is 5.97. The molecule has 0 unspecified atom stereocenters. The van der Waals surface area contributed by atoms with E-state index >= 15 is 0 Å². The van der Waals surface area contributed by atoms with Gasteiger partial charge in [-0.2, -0.15) is 0 Å². The molecule has 0 saturated heterocycles. The minimum atomic E-state index is -1.10. The highest BCUT2D eigenvalue weighted by Crippen LogP contribution is 2.25. The number of ether oxygens (including phenoxy) is 1. The molecule has 1 aromatic carbocycles. The van der Waals surface area contributed by atoms with Gasteiger partial charge in [0.1, 0.15) is 11.3 Å². The first-order chi connectivity index (χ1) is 12.9. The Morgan fingerprint density at radius 3 is 2.78 bits per heavy atom. The van der Waals surface area contributed by atoms with Crippen LogP contribution in [0, 0.1) is 0 Å². The fourth-order valence-corrected chi connectivity index (χ4v) is 3.16. The normalized spacial score (nSPS) is 15.4. The largest absolute Gasteiger partial charge is 0.508 e. The van der Waals surface area contributed by atoms with Crippen molar-refractivity contribution in [1.29, 1.82) is 0 Å². The maximum atomic E-state index is 12.1. The van der Waals surface area contributed by atoms with Crippen LogP contribution in [-0.2, 0) is 20.7 Å². The number of rotatable bonds is 5. The molecular formula is C19H22N2O6. The van der Waals surface area contributed by atoms with Gasteiger partial charge < -0.3 is 19.6 Å². The van der Waals surface area contributed by atoms with E-state index in [4.69, 9.17) is 9.15 Å². The minimum absolute atomic E-state index is 0.0622. The second-order valence-electron chi connectivity index (χ2n) is 6.69. The lowest BCUT2D eigenvalue weighted by Gasteiger charge is -2.15. The van der Waals surface area contributed by atoms with Gasteiger partial charge in [0.05, 0.1) is 12.7 Å². The molecule has 1 saturated carbocycles. The zero-order chi connectivity index (χ0) is 19.4. The van der Waals surface area contributed by atoms with Gasteiger partial charge in [-0.25, -0.2) is 4.79 Å². The Morgan fingerprint density at radius 1 is 1.30 bits per heavy atom. The number of hydrogen-bond donors (Lipinski definition) is 3. The van der Waals surface area contributed by atoms with Crippen LogP contribution in [0.4, 0.5) is 4.79 Å². The lowest BCUT2D eigenvalue weighted by molar-refractivity contribution is -0.153. The SMILES string of the molecule is C[C@H](OC(=O)Cc1coc2cc(O)ccc12)C(=O)NC(=O)NC1CCCC1. The number of aromatic hydroxyl groups is 1. The van der Waals surface area contributed by atoms with E-state index in [0.717, 1.165) is 25.7 Å². The molecule has 1 atom stereocenters. The molecule has 3 amide bonds. The summed E-state index contributed by atoms with van der Waals surface area (Å²) >= 11 is 0. The second-order valence-corrected chi connectivity index (χ2v) is 6.69. The second kappa shape index (κ2) is 8.11. The third-order valence-corrected chi connectivity index (χ3v) is 4.58. The van der Waals surface area contributed by atoms with Gasteiger partial charge >= 0.3 is 12.0 Å². The van der Waals surface area contributed by atoms with E-state index in [0.29, 0.717) is 16.5 Å². The molecule has 0 spiro atoms. The Hall–Kier alpha value is -3.03. The van der Waals surface area contributed by atoms with Gasteiger partial charge in [0.2, 0.25) is 0 Å². The van der Waals surface area contributed by atoms with Crippen molar-refractivity contribution >= 4 is 28.9 Å². The molecule has 1 aliphatic carbocycles. The number of carbonyl (C=O) groups is 3. The number of fused-ring (bicyclic) bond motifs is 1. The number of benzene rings is 1. The van der Waals surface area contributed by atoms with Crippen molar-refractivity contribution < 1.29 is 28.6 Å². The maximum absolute atomic E-state index is 12.1. The van der Waals surface area contributed by atoms with Crippen LogP contribution in [0.15, 0.2) is 28.9 Å². The van der Waals surface area contributed by atoms with Gasteiger partial charge in [0.15, 0.2) is 6.10 Å². The Balaban J connectivity index is 1.50. The van der Waals surface area contributed by atoms with Crippen LogP contribution in [0.3, 0.4) is 0 Å². The number of urea groups is 1. The summed E-state index contributed by atoms with van der Waals surface area (Å²) in [5.41, 5.74) is 1.04. The highest BCUT2D eigenvalue weighted by Gasteiger charge is 2.23. The standard InChI is InChI=1S/C19H22N2O6/c1-11(18(24)21-19(25)20-13-4-2-3-5-13)27-17(23)8-12-10-26-16-9-14(22)6-7-15(12)16/h6-7,9-11,13,22H,2-5,8H2,1H3,(H2,20,21,24,25)/t11-/m0/s1. The Labute approximate surface area is 155 Å². The van der Waals surface area contributed by atoms with Gasteiger partial charge in [0.25, 0.3) is 5.91 Å². The molecule has 0 aliphatic heterocycles. The van der Waals surface area contributed by atoms with E-state index in [-0.39, 0.29) is 18.2 Å². The van der Waals surface area contributed by atoms with Gasteiger partial charge in [-0.05, 0) is 31.9 Å². The van der Waals surface area contributed by atoms with Crippen LogP contribution in [0.2, 0.25) is 0 Å². The van der Waals surface area contributed by atoms with Crippen LogP contribution in [0.25, 0.3) is 11.0 Å². The zero-order valence-corrected chi connectivity index (χ0v) is 15.0. The van der Waals surface area contributed by atoms with Gasteiger partial charge in [-0.3, -0.25) is 14.9 Å². The van der Waals surface area contributed by atoms with Gasteiger partial charge in [-0.15, -0.1) is 0 Å². The molecule has 0 radical (unpaired) electrons. The van der Waals surface area contributed by atoms with Crippen LogP contribution < -0.4 is 10.6 Å². The predicted octanol–water partition coefficient (Wildman–Crippen LogP) is 2.38. The summed E-state index contributed by atoms with van der Waals surface area (Å²) < 4.78 is 10.4. The summed E-state index contributed by atoms with van der Waals surface area (Å²) in [6.07, 6.45) is 4.15. The molecule has 0 bridgehead atoms. The number of nitrogens with one attached hydrogen (secondary N) is 2. The molecule has 3 rings (SSSR count). The first kappa shape index (κ1) is 18.8. The summed E-state index contributed by atoms with van der Waals surface area (Å²) in [6.45, 7) is 1.40. The van der Waals surface area contributed by atoms with Crippen molar-refractivity contribution in [2.45, 2.75) is 51.2 Å². The Morgan fingerprint density at radius 2 is 2.04 bits per heavy atom. The smallest absolute Gasteiger partial charge is 0.321 e. The molecule has 8 heteroatoms. The lowest BCUT2D eigenvalue weighted by atomic mass is 10.1. The van der Waals surface area contributed by atoms with Crippen molar-refractivity contribution in [2.24, 2.45) is 0 Å². The topological polar surface area (TPSA) is 118 Å². The predicted molar refractivity (Wildman–Crippen MR) is 96.1 cm³/mol. The van der Waals surface area contributed by atoms with Crippen LogP contribution in [0.5, 0.6) is 5.75 Å². The minimum Gasteiger partial charge on any atom is -0.508 e. The molecule has 1 aromatic heterocycles. The number of furan rings is 1. The average molecular weight is 374 g/mol. The fourth-order valence-electron chi connectivity index (χ4n) is 3.16. The maximum Gasteiger partial charge on any atom is 0.321 e. The first-order valence-corrected chi connectivity index (χ1v) is 8.92. The molecule has 1 heterocycles. The van der Waals surface area contributed by atoms with Crippen LogP contribution >= 0.6 is 0 Å². The summed E-state index contributed by atoms with van der Waals surface area (Å²) in [7, 11) is 0. The quantitative estimate of drug-likeness (QED) is 0.692. The lowest BCUT2D eigenvalue weighted by Crippen LogP contribution is -2.47. The summed E-state index contributed by atoms with van der Waals surface area (Å²) in [5, 5.41) is 15.0. The molecule has 144 valence electrons. The van der Waals surface area contributed by atoms with E-state index in [1.165, 1.54) is 25.3 Å². The van der Waals surface area contributed by atoms with Crippen molar-refractivity contribution in [3.63, 3.8) is 0 Å². The summed E-state index contributed by atoms with van der Waals surface area (Å²) in [6, 6.07) is 4.09. The monoisotopic (exact) mass is 374 g/mol. The number of imide groups is 1. The number of hydrogen-bond acceptors (Lipinski definition) is 6.